The molecule has 0 fully saturated rings. The number of amides is 2. The van der Waals surface area contributed by atoms with E-state index in [2.05, 4.69) is 0 Å². The third kappa shape index (κ3) is 6.00. The molecule has 0 saturated heterocycles. The van der Waals surface area contributed by atoms with Crippen LogP contribution in [0, 0.1) is 10.7 Å². The van der Waals surface area contributed by atoms with Gasteiger partial charge in [0.25, 0.3) is 11.8 Å². The first-order valence-electron chi connectivity index (χ1n) is 8.24. The van der Waals surface area contributed by atoms with Gasteiger partial charge in [-0.25, -0.2) is 0 Å². The van der Waals surface area contributed by atoms with Crippen molar-refractivity contribution in [3.05, 3.63) is 21.8 Å². The molecule has 0 aliphatic rings. The van der Waals surface area contributed by atoms with Gasteiger partial charge in [0.15, 0.2) is 0 Å². The van der Waals surface area contributed by atoms with Crippen LogP contribution in [0.5, 0.6) is 0 Å². The summed E-state index contributed by atoms with van der Waals surface area (Å²) in [5.41, 5.74) is 6.88. The minimum Gasteiger partial charge on any atom is -0.397 e. The average molecular weight is 733 g/mol. The Morgan fingerprint density at radius 3 is 1.21 bits per heavy atom. The predicted molar refractivity (Wildman–Crippen MR) is 129 cm³/mol. The van der Waals surface area contributed by atoms with Gasteiger partial charge < -0.3 is 36.0 Å². The van der Waals surface area contributed by atoms with E-state index in [1.807, 2.05) is 67.8 Å². The summed E-state index contributed by atoms with van der Waals surface area (Å²) in [6, 6.07) is 0. The van der Waals surface area contributed by atoms with Crippen molar-refractivity contribution in [2.75, 3.05) is 58.3 Å². The van der Waals surface area contributed by atoms with Gasteiger partial charge in [-0.1, -0.05) is 0 Å². The van der Waals surface area contributed by atoms with Gasteiger partial charge in [-0.2, -0.15) is 0 Å². The highest BCUT2D eigenvalue weighted by atomic mass is 127. The number of carbonyl (C=O) groups excluding carboxylic acids is 2. The Morgan fingerprint density at radius 2 is 0.964 bits per heavy atom. The van der Waals surface area contributed by atoms with E-state index in [-0.39, 0.29) is 69.4 Å². The number of benzene rings is 1. The fraction of sp³-hybridized carbons (Fsp3) is 0.500. The number of carbonyl (C=O) groups is 2. The molecule has 0 bridgehead atoms. The quantitative estimate of drug-likeness (QED) is 0.167. The van der Waals surface area contributed by atoms with Crippen molar-refractivity contribution in [2.24, 2.45) is 0 Å². The lowest BCUT2D eigenvalue weighted by atomic mass is 10.1. The summed E-state index contributed by atoms with van der Waals surface area (Å²) in [5, 5.41) is 36.9. The highest BCUT2D eigenvalue weighted by molar-refractivity contribution is 14.1. The summed E-state index contributed by atoms with van der Waals surface area (Å²) >= 11 is 5.79. The van der Waals surface area contributed by atoms with E-state index in [1.165, 1.54) is 9.80 Å². The van der Waals surface area contributed by atoms with Crippen LogP contribution in [0.15, 0.2) is 0 Å². The number of nitrogens with zero attached hydrogens (tertiary/aromatic N) is 2. The smallest absolute Gasteiger partial charge is 0.256 e. The van der Waals surface area contributed by atoms with E-state index in [1.54, 1.807) is 0 Å². The Morgan fingerprint density at radius 1 is 0.679 bits per heavy atom. The monoisotopic (exact) mass is 733 g/mol. The summed E-state index contributed by atoms with van der Waals surface area (Å²) in [5.74, 6) is -0.908. The number of anilines is 1. The molecule has 0 aliphatic heterocycles. The summed E-state index contributed by atoms with van der Waals surface area (Å²) < 4.78 is 1.34. The predicted octanol–water partition coefficient (Wildman–Crippen LogP) is -0.0638. The van der Waals surface area contributed by atoms with Crippen LogP contribution in [0.4, 0.5) is 5.69 Å². The summed E-state index contributed by atoms with van der Waals surface area (Å²) in [4.78, 5) is 28.7. The van der Waals surface area contributed by atoms with Crippen LogP contribution >= 0.6 is 67.8 Å². The van der Waals surface area contributed by atoms with Crippen LogP contribution < -0.4 is 5.73 Å². The lowest BCUT2D eigenvalue weighted by Gasteiger charge is -2.26. The topological polar surface area (TPSA) is 148 Å². The zero-order chi connectivity index (χ0) is 21.4. The highest BCUT2D eigenvalue weighted by Crippen LogP contribution is 2.35. The Labute approximate surface area is 203 Å². The fourth-order valence-electron chi connectivity index (χ4n) is 2.49. The molecule has 0 aliphatic carbocycles. The number of aliphatic hydroxyl groups is 4. The Kier molecular flexibility index (Phi) is 11.7. The Hall–Kier alpha value is -0.0100. The third-order valence-corrected chi connectivity index (χ3v) is 7.15. The van der Waals surface area contributed by atoms with E-state index in [0.717, 1.165) is 0 Å². The number of halogens is 3. The van der Waals surface area contributed by atoms with E-state index >= 15 is 0 Å². The van der Waals surface area contributed by atoms with Crippen LogP contribution in [-0.4, -0.2) is 94.6 Å². The molecular formula is C16H22I3N3O6. The van der Waals surface area contributed by atoms with Crippen molar-refractivity contribution >= 4 is 85.3 Å². The molecule has 2 amide bonds. The molecule has 12 heteroatoms. The molecule has 1 aromatic carbocycles. The Bertz CT molecular complexity index is 652. The number of aliphatic hydroxyl groups excluding tert-OH is 4. The van der Waals surface area contributed by atoms with Crippen molar-refractivity contribution in [3.8, 4) is 0 Å². The van der Waals surface area contributed by atoms with Crippen LogP contribution in [0.1, 0.15) is 20.7 Å². The van der Waals surface area contributed by atoms with Crippen LogP contribution in [0.2, 0.25) is 0 Å². The van der Waals surface area contributed by atoms with Gasteiger partial charge in [0.2, 0.25) is 0 Å². The first kappa shape index (κ1) is 26.0. The van der Waals surface area contributed by atoms with Crippen LogP contribution in [0.3, 0.4) is 0 Å². The number of hydrogen-bond acceptors (Lipinski definition) is 7. The lowest BCUT2D eigenvalue weighted by Crippen LogP contribution is -2.39. The van der Waals surface area contributed by atoms with E-state index < -0.39 is 11.8 Å². The minimum atomic E-state index is -0.454. The molecule has 0 heterocycles. The molecule has 0 atom stereocenters. The van der Waals surface area contributed by atoms with E-state index in [4.69, 9.17) is 5.73 Å². The molecule has 1 rings (SSSR count). The Balaban J connectivity index is 3.57. The van der Waals surface area contributed by atoms with Gasteiger partial charge in [0.05, 0.1) is 50.4 Å². The molecule has 0 aromatic heterocycles. The molecule has 9 nitrogen and oxygen atoms in total. The normalized spacial score (nSPS) is 10.8. The lowest BCUT2D eigenvalue weighted by molar-refractivity contribution is 0.0677. The maximum atomic E-state index is 13.1. The maximum Gasteiger partial charge on any atom is 0.256 e. The van der Waals surface area contributed by atoms with Crippen molar-refractivity contribution < 1.29 is 30.0 Å². The summed E-state index contributed by atoms with van der Waals surface area (Å²) in [6.45, 7) is -0.971. The molecule has 0 spiro atoms. The second kappa shape index (κ2) is 12.6. The second-order valence-corrected chi connectivity index (χ2v) is 8.82. The van der Waals surface area contributed by atoms with Gasteiger partial charge >= 0.3 is 0 Å². The van der Waals surface area contributed by atoms with Gasteiger partial charge in [-0.15, -0.1) is 0 Å². The van der Waals surface area contributed by atoms with Crippen molar-refractivity contribution in [2.45, 2.75) is 0 Å². The van der Waals surface area contributed by atoms with E-state index in [9.17, 15) is 30.0 Å². The van der Waals surface area contributed by atoms with Gasteiger partial charge in [0, 0.05) is 29.7 Å². The van der Waals surface area contributed by atoms with E-state index in [0.29, 0.717) is 10.7 Å². The molecule has 0 unspecified atom stereocenters. The third-order valence-electron chi connectivity index (χ3n) is 3.83. The number of hydrogen-bond donors (Lipinski definition) is 5. The average Bonchev–Trinajstić information content (AvgIpc) is 2.66. The van der Waals surface area contributed by atoms with Crippen LogP contribution in [-0.2, 0) is 0 Å². The second-order valence-electron chi connectivity index (χ2n) is 5.58. The molecular weight excluding hydrogens is 711 g/mol. The maximum absolute atomic E-state index is 13.1. The molecule has 0 saturated carbocycles. The number of nitrogen functional groups attached to an aromatic ring is 1. The fourth-order valence-corrected chi connectivity index (χ4v) is 6.58. The zero-order valence-electron chi connectivity index (χ0n) is 14.9. The van der Waals surface area contributed by atoms with Crippen molar-refractivity contribution in [3.63, 3.8) is 0 Å². The van der Waals surface area contributed by atoms with Gasteiger partial charge in [-0.05, 0) is 67.8 Å². The van der Waals surface area contributed by atoms with Gasteiger partial charge in [-0.3, -0.25) is 9.59 Å². The number of rotatable bonds is 10. The molecule has 6 N–H and O–H groups in total. The standard InChI is InChI=1S/C16H22I3N3O6/c17-11-9(15(27)21(1-5-23)2-6-24)12(18)14(20)13(19)10(11)16(28)22(3-7-25)4-8-26/h23-26H,1-8,20H2. The molecule has 28 heavy (non-hydrogen) atoms. The molecule has 0 radical (unpaired) electrons. The first-order chi connectivity index (χ1) is 13.3. The van der Waals surface area contributed by atoms with Crippen molar-refractivity contribution in [1.82, 2.24) is 9.80 Å². The molecule has 158 valence electrons. The van der Waals surface area contributed by atoms with Crippen molar-refractivity contribution in [1.29, 1.82) is 0 Å². The minimum absolute atomic E-state index is 0.0296. The van der Waals surface area contributed by atoms with Gasteiger partial charge in [0.1, 0.15) is 0 Å². The largest absolute Gasteiger partial charge is 0.397 e. The SMILES string of the molecule is Nc1c(I)c(C(=O)N(CCO)CCO)c(I)c(C(=O)N(CCO)CCO)c1I. The molecule has 1 aromatic rings. The summed E-state index contributed by atoms with van der Waals surface area (Å²) in [7, 11) is 0. The summed E-state index contributed by atoms with van der Waals surface area (Å²) in [6.07, 6.45) is 0. The zero-order valence-corrected chi connectivity index (χ0v) is 21.3. The van der Waals surface area contributed by atoms with Crippen LogP contribution in [0.25, 0.3) is 0 Å². The highest BCUT2D eigenvalue weighted by Gasteiger charge is 2.30. The first-order valence-corrected chi connectivity index (χ1v) is 11.5. The number of nitrogens with two attached hydrogens (primary N) is 1.